The van der Waals surface area contributed by atoms with Gasteiger partial charge in [0.15, 0.2) is 0 Å². The molecule has 1 unspecified atom stereocenters. The second-order valence-electron chi connectivity index (χ2n) is 3.98. The third-order valence-corrected chi connectivity index (χ3v) is 2.64. The number of anilines is 2. The van der Waals surface area contributed by atoms with Crippen LogP contribution in [0.5, 0.6) is 0 Å². The Hall–Kier alpha value is -1.62. The van der Waals surface area contributed by atoms with Crippen LogP contribution in [-0.4, -0.2) is 24.1 Å². The zero-order chi connectivity index (χ0) is 11.5. The highest BCUT2D eigenvalue weighted by Gasteiger charge is 2.24. The summed E-state index contributed by atoms with van der Waals surface area (Å²) in [6, 6.07) is 1.79. The van der Waals surface area contributed by atoms with E-state index in [2.05, 4.69) is 10.3 Å². The van der Waals surface area contributed by atoms with Gasteiger partial charge in [0, 0.05) is 6.61 Å². The van der Waals surface area contributed by atoms with Crippen molar-refractivity contribution in [2.45, 2.75) is 13.3 Å². The number of nitrogens with zero attached hydrogens (tertiary/aromatic N) is 1. The molecule has 1 aromatic heterocycles. The molecule has 2 heterocycles. The molecule has 0 bridgehead atoms. The van der Waals surface area contributed by atoms with Crippen LogP contribution in [0.1, 0.15) is 12.0 Å². The summed E-state index contributed by atoms with van der Waals surface area (Å²) >= 11 is 0. The first-order chi connectivity index (χ1) is 7.66. The second kappa shape index (κ2) is 4.49. The minimum atomic E-state index is -0.0567. The van der Waals surface area contributed by atoms with Gasteiger partial charge in [0.2, 0.25) is 5.91 Å². The van der Waals surface area contributed by atoms with Gasteiger partial charge in [0.1, 0.15) is 5.82 Å². The van der Waals surface area contributed by atoms with Crippen LogP contribution in [0.3, 0.4) is 0 Å². The Morgan fingerprint density at radius 1 is 1.69 bits per heavy atom. The summed E-state index contributed by atoms with van der Waals surface area (Å²) < 4.78 is 5.16. The molecule has 5 nitrogen and oxygen atoms in total. The normalized spacial score (nSPS) is 19.7. The molecule has 1 amide bonds. The van der Waals surface area contributed by atoms with Crippen LogP contribution in [-0.2, 0) is 9.53 Å². The van der Waals surface area contributed by atoms with Crippen molar-refractivity contribution in [3.8, 4) is 0 Å². The van der Waals surface area contributed by atoms with Gasteiger partial charge in [-0.2, -0.15) is 0 Å². The fraction of sp³-hybridized carbons (Fsp3) is 0.455. The molecule has 2 rings (SSSR count). The predicted octanol–water partition coefficient (Wildman–Crippen LogP) is 0.947. The summed E-state index contributed by atoms with van der Waals surface area (Å²) in [7, 11) is 0. The van der Waals surface area contributed by atoms with E-state index in [1.807, 2.05) is 6.92 Å². The Morgan fingerprint density at radius 2 is 2.50 bits per heavy atom. The number of amides is 1. The number of carbonyl (C=O) groups is 1. The molecule has 1 saturated heterocycles. The van der Waals surface area contributed by atoms with Crippen molar-refractivity contribution < 1.29 is 9.53 Å². The van der Waals surface area contributed by atoms with Gasteiger partial charge < -0.3 is 15.8 Å². The fourth-order valence-corrected chi connectivity index (χ4v) is 1.69. The van der Waals surface area contributed by atoms with Crippen molar-refractivity contribution in [3.05, 3.63) is 17.8 Å². The number of hydrogen-bond donors (Lipinski definition) is 2. The van der Waals surface area contributed by atoms with Gasteiger partial charge in [-0.25, -0.2) is 4.98 Å². The highest BCUT2D eigenvalue weighted by atomic mass is 16.5. The van der Waals surface area contributed by atoms with Gasteiger partial charge >= 0.3 is 0 Å². The summed E-state index contributed by atoms with van der Waals surface area (Å²) in [5.41, 5.74) is 7.05. The Kier molecular flexibility index (Phi) is 3.05. The van der Waals surface area contributed by atoms with Crippen LogP contribution in [0, 0.1) is 12.8 Å². The summed E-state index contributed by atoms with van der Waals surface area (Å²) in [5, 5.41) is 2.79. The van der Waals surface area contributed by atoms with Crippen LogP contribution in [0.15, 0.2) is 12.3 Å². The van der Waals surface area contributed by atoms with Crippen LogP contribution >= 0.6 is 0 Å². The van der Waals surface area contributed by atoms with E-state index < -0.39 is 0 Å². The molecular formula is C11H15N3O2. The molecule has 3 N–H and O–H groups in total. The van der Waals surface area contributed by atoms with Crippen LogP contribution in [0.25, 0.3) is 0 Å². The molecule has 1 fully saturated rings. The molecule has 1 aliphatic rings. The fourth-order valence-electron chi connectivity index (χ4n) is 1.69. The molecule has 0 aromatic carbocycles. The van der Waals surface area contributed by atoms with Crippen molar-refractivity contribution in [2.24, 2.45) is 5.92 Å². The van der Waals surface area contributed by atoms with Gasteiger partial charge in [0.25, 0.3) is 0 Å². The van der Waals surface area contributed by atoms with E-state index in [9.17, 15) is 4.79 Å². The largest absolute Gasteiger partial charge is 0.397 e. The molecule has 5 heteroatoms. The van der Waals surface area contributed by atoms with Gasteiger partial charge in [-0.3, -0.25) is 4.79 Å². The molecule has 1 aromatic rings. The summed E-state index contributed by atoms with van der Waals surface area (Å²) in [4.78, 5) is 15.9. The van der Waals surface area contributed by atoms with Crippen molar-refractivity contribution in [1.82, 2.24) is 4.98 Å². The zero-order valence-corrected chi connectivity index (χ0v) is 9.19. The number of pyridine rings is 1. The van der Waals surface area contributed by atoms with Gasteiger partial charge in [-0.05, 0) is 25.0 Å². The second-order valence-corrected chi connectivity index (χ2v) is 3.98. The van der Waals surface area contributed by atoms with Crippen molar-refractivity contribution in [2.75, 3.05) is 24.3 Å². The number of rotatable bonds is 2. The standard InChI is InChI=1S/C11H15N3O2/c1-7-4-9(12)5-13-10(7)14-11(15)8-2-3-16-6-8/h4-5,8H,2-3,6,12H2,1H3,(H,13,14,15). The van der Waals surface area contributed by atoms with E-state index in [-0.39, 0.29) is 11.8 Å². The maximum atomic E-state index is 11.8. The average molecular weight is 221 g/mol. The highest BCUT2D eigenvalue weighted by molar-refractivity contribution is 5.92. The van der Waals surface area contributed by atoms with E-state index in [1.54, 1.807) is 6.07 Å². The van der Waals surface area contributed by atoms with Crippen molar-refractivity contribution >= 4 is 17.4 Å². The lowest BCUT2D eigenvalue weighted by Gasteiger charge is -2.10. The minimum Gasteiger partial charge on any atom is -0.397 e. The Bertz CT molecular complexity index is 400. The lowest BCUT2D eigenvalue weighted by molar-refractivity contribution is -0.119. The lowest BCUT2D eigenvalue weighted by Crippen LogP contribution is -2.23. The Morgan fingerprint density at radius 3 is 3.12 bits per heavy atom. The number of aryl methyl sites for hydroxylation is 1. The number of aromatic nitrogens is 1. The molecule has 86 valence electrons. The van der Waals surface area contributed by atoms with E-state index in [0.29, 0.717) is 24.7 Å². The summed E-state index contributed by atoms with van der Waals surface area (Å²) in [6.07, 6.45) is 2.31. The summed E-state index contributed by atoms with van der Waals surface area (Å²) in [6.45, 7) is 3.02. The van der Waals surface area contributed by atoms with E-state index in [4.69, 9.17) is 10.5 Å². The first-order valence-corrected chi connectivity index (χ1v) is 5.27. The molecule has 0 saturated carbocycles. The smallest absolute Gasteiger partial charge is 0.231 e. The maximum absolute atomic E-state index is 11.8. The lowest BCUT2D eigenvalue weighted by atomic mass is 10.1. The molecule has 0 spiro atoms. The Labute approximate surface area is 94.0 Å². The van der Waals surface area contributed by atoms with Crippen LogP contribution < -0.4 is 11.1 Å². The number of nitrogens with one attached hydrogen (secondary N) is 1. The van der Waals surface area contributed by atoms with Crippen LogP contribution in [0.4, 0.5) is 11.5 Å². The maximum Gasteiger partial charge on any atom is 0.231 e. The number of carbonyl (C=O) groups excluding carboxylic acids is 1. The van der Waals surface area contributed by atoms with Crippen molar-refractivity contribution in [1.29, 1.82) is 0 Å². The van der Waals surface area contributed by atoms with Crippen molar-refractivity contribution in [3.63, 3.8) is 0 Å². The van der Waals surface area contributed by atoms with Gasteiger partial charge in [0.05, 0.1) is 24.4 Å². The first kappa shape index (κ1) is 10.9. The molecule has 0 aliphatic carbocycles. The van der Waals surface area contributed by atoms with E-state index in [0.717, 1.165) is 12.0 Å². The molecule has 1 aliphatic heterocycles. The molecule has 16 heavy (non-hydrogen) atoms. The topological polar surface area (TPSA) is 77.2 Å². The molecule has 0 radical (unpaired) electrons. The number of nitrogens with two attached hydrogens (primary N) is 1. The minimum absolute atomic E-state index is 0.0297. The monoisotopic (exact) mass is 221 g/mol. The quantitative estimate of drug-likeness (QED) is 0.779. The molecule has 1 atom stereocenters. The van der Waals surface area contributed by atoms with Gasteiger partial charge in [-0.1, -0.05) is 0 Å². The third-order valence-electron chi connectivity index (χ3n) is 2.64. The number of hydrogen-bond acceptors (Lipinski definition) is 4. The Balaban J connectivity index is 2.05. The van der Waals surface area contributed by atoms with Crippen LogP contribution in [0.2, 0.25) is 0 Å². The predicted molar refractivity (Wildman–Crippen MR) is 60.9 cm³/mol. The first-order valence-electron chi connectivity index (χ1n) is 5.27. The van der Waals surface area contributed by atoms with E-state index in [1.165, 1.54) is 6.20 Å². The average Bonchev–Trinajstić information content (AvgIpc) is 2.75. The SMILES string of the molecule is Cc1cc(N)cnc1NC(=O)C1CCOC1. The number of nitrogen functional groups attached to an aromatic ring is 1. The van der Waals surface area contributed by atoms with Gasteiger partial charge in [-0.15, -0.1) is 0 Å². The number of ether oxygens (including phenoxy) is 1. The molecular weight excluding hydrogens is 206 g/mol. The van der Waals surface area contributed by atoms with E-state index >= 15 is 0 Å². The third kappa shape index (κ3) is 2.30. The summed E-state index contributed by atoms with van der Waals surface area (Å²) in [5.74, 6) is 0.489. The zero-order valence-electron chi connectivity index (χ0n) is 9.19. The highest BCUT2D eigenvalue weighted by Crippen LogP contribution is 2.18.